The molecule has 0 aromatic heterocycles. The van der Waals surface area contributed by atoms with Crippen LogP contribution in [-0.4, -0.2) is 10.6 Å². The Morgan fingerprint density at radius 1 is 1.60 bits per heavy atom. The fraction of sp³-hybridized carbons (Fsp3) is 0.625. The Balaban J connectivity index is 2.30. The molecule has 1 saturated carbocycles. The van der Waals surface area contributed by atoms with Crippen LogP contribution in [0.1, 0.15) is 12.8 Å². The van der Waals surface area contributed by atoms with Crippen molar-refractivity contribution in [1.82, 2.24) is 0 Å². The topological polar surface area (TPSA) is 17.1 Å². The molecule has 0 spiro atoms. The zero-order valence-electron chi connectivity index (χ0n) is 5.59. The highest BCUT2D eigenvalue weighted by atomic mass is 79.9. The summed E-state index contributed by atoms with van der Waals surface area (Å²) in [6, 6.07) is 0. The Labute approximate surface area is 68.6 Å². The molecule has 1 fully saturated rings. The van der Waals surface area contributed by atoms with Gasteiger partial charge in [0.25, 0.3) is 0 Å². The Bertz CT molecular complexity index is 199. The first-order valence-corrected chi connectivity index (χ1v) is 4.37. The van der Waals surface area contributed by atoms with Crippen molar-refractivity contribution in [3.8, 4) is 0 Å². The number of alkyl halides is 1. The molecule has 0 unspecified atom stereocenters. The number of halogens is 1. The van der Waals surface area contributed by atoms with E-state index in [1.807, 2.05) is 0 Å². The molecule has 0 saturated heterocycles. The quantitative estimate of drug-likeness (QED) is 0.360. The van der Waals surface area contributed by atoms with E-state index < -0.39 is 0 Å². The van der Waals surface area contributed by atoms with E-state index in [-0.39, 0.29) is 4.32 Å². The molecule has 0 heterocycles. The number of hydrogen-bond donors (Lipinski definition) is 0. The van der Waals surface area contributed by atoms with Crippen molar-refractivity contribution in [2.45, 2.75) is 17.2 Å². The molecule has 0 aromatic carbocycles. The monoisotopic (exact) mass is 200 g/mol. The van der Waals surface area contributed by atoms with Crippen molar-refractivity contribution < 1.29 is 4.79 Å². The maximum absolute atomic E-state index is 10.6. The van der Waals surface area contributed by atoms with Crippen LogP contribution in [0.25, 0.3) is 0 Å². The summed E-state index contributed by atoms with van der Waals surface area (Å²) in [5.74, 6) is 1.13. The van der Waals surface area contributed by atoms with Crippen molar-refractivity contribution in [3.05, 3.63) is 12.2 Å². The number of carbonyl (C=O) groups is 1. The minimum Gasteiger partial charge on any atom is -0.302 e. The van der Waals surface area contributed by atoms with Crippen LogP contribution < -0.4 is 0 Å². The molecule has 2 aliphatic rings. The van der Waals surface area contributed by atoms with E-state index >= 15 is 0 Å². The Morgan fingerprint density at radius 2 is 2.40 bits per heavy atom. The van der Waals surface area contributed by atoms with Gasteiger partial charge in [-0.2, -0.15) is 0 Å². The average molecular weight is 201 g/mol. The third-order valence-corrected chi connectivity index (χ3v) is 3.66. The van der Waals surface area contributed by atoms with Crippen molar-refractivity contribution in [2.75, 3.05) is 0 Å². The standard InChI is InChI=1S/C8H9BrO/c9-8(5-10)4-6-1-2-7(8)3-6/h1-2,5-7H,3-4H2/t6-,7+,8-/m1/s1. The molecule has 3 atom stereocenters. The fourth-order valence-corrected chi connectivity index (χ4v) is 2.73. The van der Waals surface area contributed by atoms with Crippen LogP contribution in [0.2, 0.25) is 0 Å². The molecule has 0 radical (unpaired) electrons. The lowest BCUT2D eigenvalue weighted by Gasteiger charge is -2.21. The second kappa shape index (κ2) is 1.94. The molecule has 10 heavy (non-hydrogen) atoms. The normalized spacial score (nSPS) is 50.1. The first-order chi connectivity index (χ1) is 4.74. The lowest BCUT2D eigenvalue weighted by Crippen LogP contribution is -2.27. The predicted octanol–water partition coefficient (Wildman–Crippen LogP) is 1.92. The van der Waals surface area contributed by atoms with E-state index in [2.05, 4.69) is 28.1 Å². The van der Waals surface area contributed by atoms with E-state index in [0.29, 0.717) is 11.8 Å². The van der Waals surface area contributed by atoms with Crippen LogP contribution in [0.15, 0.2) is 12.2 Å². The zero-order chi connectivity index (χ0) is 7.19. The SMILES string of the molecule is O=C[C@]1(Br)C[C@@H]2C=C[C@H]1C2. The van der Waals surface area contributed by atoms with Gasteiger partial charge in [0, 0.05) is 0 Å². The summed E-state index contributed by atoms with van der Waals surface area (Å²) >= 11 is 3.48. The van der Waals surface area contributed by atoms with Crippen LogP contribution >= 0.6 is 15.9 Å². The highest BCUT2D eigenvalue weighted by Gasteiger charge is 2.46. The molecule has 0 amide bonds. The molecule has 2 heteroatoms. The maximum atomic E-state index is 10.6. The Morgan fingerprint density at radius 3 is 2.70 bits per heavy atom. The molecule has 0 aliphatic heterocycles. The van der Waals surface area contributed by atoms with Gasteiger partial charge in [0.15, 0.2) is 0 Å². The summed E-state index contributed by atoms with van der Waals surface area (Å²) in [5, 5.41) is 0. The average Bonchev–Trinajstić information content (AvgIpc) is 2.46. The summed E-state index contributed by atoms with van der Waals surface area (Å²) in [6.07, 6.45) is 7.62. The van der Waals surface area contributed by atoms with E-state index in [1.165, 1.54) is 6.42 Å². The maximum Gasteiger partial charge on any atom is 0.137 e. The van der Waals surface area contributed by atoms with Crippen LogP contribution in [0, 0.1) is 11.8 Å². The van der Waals surface area contributed by atoms with Gasteiger partial charge in [-0.3, -0.25) is 0 Å². The van der Waals surface area contributed by atoms with Crippen LogP contribution in [0.3, 0.4) is 0 Å². The minimum atomic E-state index is -0.202. The van der Waals surface area contributed by atoms with Gasteiger partial charge >= 0.3 is 0 Å². The van der Waals surface area contributed by atoms with E-state index in [4.69, 9.17) is 0 Å². The van der Waals surface area contributed by atoms with Crippen molar-refractivity contribution in [3.63, 3.8) is 0 Å². The lowest BCUT2D eigenvalue weighted by molar-refractivity contribution is -0.110. The summed E-state index contributed by atoms with van der Waals surface area (Å²) in [5.41, 5.74) is 0. The van der Waals surface area contributed by atoms with Gasteiger partial charge < -0.3 is 4.79 Å². The van der Waals surface area contributed by atoms with Gasteiger partial charge in [0.2, 0.25) is 0 Å². The Hall–Kier alpha value is -0.110. The third kappa shape index (κ3) is 0.715. The van der Waals surface area contributed by atoms with Crippen molar-refractivity contribution in [1.29, 1.82) is 0 Å². The second-order valence-corrected chi connectivity index (χ2v) is 4.71. The van der Waals surface area contributed by atoms with Crippen LogP contribution in [0.4, 0.5) is 0 Å². The predicted molar refractivity (Wildman–Crippen MR) is 43.1 cm³/mol. The molecule has 1 nitrogen and oxygen atoms in total. The van der Waals surface area contributed by atoms with Gasteiger partial charge in [-0.25, -0.2) is 0 Å². The van der Waals surface area contributed by atoms with Gasteiger partial charge in [0.1, 0.15) is 6.29 Å². The van der Waals surface area contributed by atoms with Crippen molar-refractivity contribution >= 4 is 22.2 Å². The molecule has 0 aromatic rings. The smallest absolute Gasteiger partial charge is 0.137 e. The lowest BCUT2D eigenvalue weighted by atomic mass is 9.95. The molecule has 2 rings (SSSR count). The zero-order valence-corrected chi connectivity index (χ0v) is 7.17. The van der Waals surface area contributed by atoms with E-state index in [1.54, 1.807) is 0 Å². The number of fused-ring (bicyclic) bond motifs is 2. The fourth-order valence-electron chi connectivity index (χ4n) is 1.97. The first-order valence-electron chi connectivity index (χ1n) is 3.58. The van der Waals surface area contributed by atoms with Gasteiger partial charge in [-0.15, -0.1) is 0 Å². The highest BCUT2D eigenvalue weighted by molar-refractivity contribution is 9.10. The summed E-state index contributed by atoms with van der Waals surface area (Å²) in [4.78, 5) is 10.6. The summed E-state index contributed by atoms with van der Waals surface area (Å²) in [7, 11) is 0. The summed E-state index contributed by atoms with van der Waals surface area (Å²) in [6.45, 7) is 0. The number of rotatable bonds is 1. The Kier molecular flexibility index (Phi) is 1.28. The first kappa shape index (κ1) is 6.59. The van der Waals surface area contributed by atoms with Gasteiger partial charge in [-0.1, -0.05) is 28.1 Å². The number of allylic oxidation sites excluding steroid dienone is 2. The van der Waals surface area contributed by atoms with Crippen LogP contribution in [-0.2, 0) is 4.79 Å². The van der Waals surface area contributed by atoms with Crippen molar-refractivity contribution in [2.24, 2.45) is 11.8 Å². The highest BCUT2D eigenvalue weighted by Crippen LogP contribution is 2.49. The molecular formula is C8H9BrO. The third-order valence-electron chi connectivity index (χ3n) is 2.56. The second-order valence-electron chi connectivity index (χ2n) is 3.24. The number of carbonyl (C=O) groups excluding carboxylic acids is 1. The largest absolute Gasteiger partial charge is 0.302 e. The minimum absolute atomic E-state index is 0.202. The molecule has 0 N–H and O–H groups in total. The van der Waals surface area contributed by atoms with E-state index in [0.717, 1.165) is 12.7 Å². The van der Waals surface area contributed by atoms with Crippen LogP contribution in [0.5, 0.6) is 0 Å². The number of aldehydes is 1. The number of hydrogen-bond acceptors (Lipinski definition) is 1. The van der Waals surface area contributed by atoms with Gasteiger partial charge in [-0.05, 0) is 24.7 Å². The molecule has 2 aliphatic carbocycles. The van der Waals surface area contributed by atoms with Gasteiger partial charge in [0.05, 0.1) is 4.32 Å². The molecule has 54 valence electrons. The molecule has 2 bridgehead atoms. The summed E-state index contributed by atoms with van der Waals surface area (Å²) < 4.78 is -0.202. The van der Waals surface area contributed by atoms with E-state index in [9.17, 15) is 4.79 Å². The molecular weight excluding hydrogens is 192 g/mol.